The molecule has 0 heterocycles. The summed E-state index contributed by atoms with van der Waals surface area (Å²) in [6.07, 6.45) is 0. The van der Waals surface area contributed by atoms with E-state index in [9.17, 15) is 4.39 Å². The monoisotopic (exact) mass is 277 g/mol. The van der Waals surface area contributed by atoms with Gasteiger partial charge in [-0.2, -0.15) is 0 Å². The lowest BCUT2D eigenvalue weighted by Gasteiger charge is -2.17. The molecule has 0 bridgehead atoms. The SMILES string of the molecule is Cc1cc(C)c(C(N)c2ccc(C)c(Cl)c2)c(F)c1. The maximum Gasteiger partial charge on any atom is 0.128 e. The molecule has 19 heavy (non-hydrogen) atoms. The van der Waals surface area contributed by atoms with Crippen LogP contribution in [0.15, 0.2) is 30.3 Å². The van der Waals surface area contributed by atoms with Crippen molar-refractivity contribution in [2.45, 2.75) is 26.8 Å². The van der Waals surface area contributed by atoms with Crippen LogP contribution in [0.4, 0.5) is 4.39 Å². The minimum Gasteiger partial charge on any atom is -0.320 e. The van der Waals surface area contributed by atoms with Crippen LogP contribution in [0.5, 0.6) is 0 Å². The third-order valence-corrected chi connectivity index (χ3v) is 3.75. The van der Waals surface area contributed by atoms with Gasteiger partial charge in [0.25, 0.3) is 0 Å². The average molecular weight is 278 g/mol. The Hall–Kier alpha value is -1.38. The Morgan fingerprint density at radius 3 is 2.32 bits per heavy atom. The highest BCUT2D eigenvalue weighted by atomic mass is 35.5. The molecule has 2 aromatic rings. The van der Waals surface area contributed by atoms with Gasteiger partial charge in [0.05, 0.1) is 6.04 Å². The van der Waals surface area contributed by atoms with Crippen molar-refractivity contribution in [2.24, 2.45) is 5.73 Å². The molecule has 2 rings (SSSR count). The van der Waals surface area contributed by atoms with Crippen LogP contribution >= 0.6 is 11.6 Å². The lowest BCUT2D eigenvalue weighted by Crippen LogP contribution is -2.15. The highest BCUT2D eigenvalue weighted by molar-refractivity contribution is 6.31. The summed E-state index contributed by atoms with van der Waals surface area (Å²) in [4.78, 5) is 0. The summed E-state index contributed by atoms with van der Waals surface area (Å²) in [5, 5.41) is 0.651. The first kappa shape index (κ1) is 14.0. The number of benzene rings is 2. The van der Waals surface area contributed by atoms with Crippen LogP contribution < -0.4 is 5.73 Å². The molecule has 0 amide bonds. The Balaban J connectivity index is 2.49. The van der Waals surface area contributed by atoms with E-state index in [4.69, 9.17) is 17.3 Å². The van der Waals surface area contributed by atoms with E-state index in [1.807, 2.05) is 39.0 Å². The summed E-state index contributed by atoms with van der Waals surface area (Å²) in [5.74, 6) is -0.262. The highest BCUT2D eigenvalue weighted by Gasteiger charge is 2.17. The molecule has 0 radical (unpaired) electrons. The fourth-order valence-corrected chi connectivity index (χ4v) is 2.48. The molecule has 0 aliphatic carbocycles. The zero-order valence-electron chi connectivity index (χ0n) is 11.3. The highest BCUT2D eigenvalue weighted by Crippen LogP contribution is 2.28. The fraction of sp³-hybridized carbons (Fsp3) is 0.250. The predicted octanol–water partition coefficient (Wildman–Crippen LogP) is 4.45. The smallest absolute Gasteiger partial charge is 0.128 e. The predicted molar refractivity (Wildman–Crippen MR) is 78.1 cm³/mol. The van der Waals surface area contributed by atoms with Crippen LogP contribution in [-0.4, -0.2) is 0 Å². The molecule has 0 fully saturated rings. The van der Waals surface area contributed by atoms with Gasteiger partial charge in [0.1, 0.15) is 5.82 Å². The summed E-state index contributed by atoms with van der Waals surface area (Å²) in [5.41, 5.74) is 10.3. The second kappa shape index (κ2) is 5.32. The third kappa shape index (κ3) is 2.80. The summed E-state index contributed by atoms with van der Waals surface area (Å²) < 4.78 is 14.1. The van der Waals surface area contributed by atoms with Crippen LogP contribution in [0.1, 0.15) is 33.9 Å². The van der Waals surface area contributed by atoms with Crippen molar-refractivity contribution < 1.29 is 4.39 Å². The Kier molecular flexibility index (Phi) is 3.93. The topological polar surface area (TPSA) is 26.0 Å². The molecule has 0 saturated carbocycles. The molecule has 0 aliphatic rings. The lowest BCUT2D eigenvalue weighted by atomic mass is 9.93. The third-order valence-electron chi connectivity index (χ3n) is 3.35. The molecular weight excluding hydrogens is 261 g/mol. The molecule has 0 spiro atoms. The molecule has 2 N–H and O–H groups in total. The van der Waals surface area contributed by atoms with Gasteiger partial charge in [-0.3, -0.25) is 0 Å². The van der Waals surface area contributed by atoms with E-state index in [0.29, 0.717) is 10.6 Å². The Bertz CT molecular complexity index is 599. The Morgan fingerprint density at radius 2 is 1.74 bits per heavy atom. The molecule has 0 saturated heterocycles. The maximum absolute atomic E-state index is 14.1. The quantitative estimate of drug-likeness (QED) is 0.862. The normalized spacial score (nSPS) is 12.5. The number of nitrogens with two attached hydrogens (primary N) is 1. The number of rotatable bonds is 2. The number of aryl methyl sites for hydroxylation is 3. The summed E-state index contributed by atoms with van der Waals surface area (Å²) in [7, 11) is 0. The first-order valence-electron chi connectivity index (χ1n) is 6.18. The van der Waals surface area contributed by atoms with Crippen LogP contribution in [0, 0.1) is 26.6 Å². The van der Waals surface area contributed by atoms with Crippen molar-refractivity contribution in [1.29, 1.82) is 0 Å². The molecule has 1 nitrogen and oxygen atoms in total. The zero-order chi connectivity index (χ0) is 14.2. The Morgan fingerprint density at radius 1 is 1.05 bits per heavy atom. The molecule has 0 aliphatic heterocycles. The maximum atomic E-state index is 14.1. The molecule has 1 atom stereocenters. The average Bonchev–Trinajstić information content (AvgIpc) is 2.31. The molecule has 100 valence electrons. The second-order valence-electron chi connectivity index (χ2n) is 4.96. The molecular formula is C16H17ClFN. The molecule has 2 aromatic carbocycles. The van der Waals surface area contributed by atoms with Crippen LogP contribution in [-0.2, 0) is 0 Å². The van der Waals surface area contributed by atoms with Crippen molar-refractivity contribution in [3.63, 3.8) is 0 Å². The number of hydrogen-bond acceptors (Lipinski definition) is 1. The van der Waals surface area contributed by atoms with E-state index in [0.717, 1.165) is 22.3 Å². The second-order valence-corrected chi connectivity index (χ2v) is 5.37. The lowest BCUT2D eigenvalue weighted by molar-refractivity contribution is 0.596. The Labute approximate surface area is 118 Å². The van der Waals surface area contributed by atoms with Gasteiger partial charge in [0, 0.05) is 10.6 Å². The first-order valence-corrected chi connectivity index (χ1v) is 6.56. The minimum atomic E-state index is -0.501. The van der Waals surface area contributed by atoms with Crippen molar-refractivity contribution >= 4 is 11.6 Å². The van der Waals surface area contributed by atoms with E-state index in [1.165, 1.54) is 6.07 Å². The molecule has 0 aromatic heterocycles. The molecule has 1 unspecified atom stereocenters. The van der Waals surface area contributed by atoms with Crippen LogP contribution in [0.3, 0.4) is 0 Å². The van der Waals surface area contributed by atoms with Gasteiger partial charge in [0.15, 0.2) is 0 Å². The van der Waals surface area contributed by atoms with Crippen LogP contribution in [0.25, 0.3) is 0 Å². The summed E-state index contributed by atoms with van der Waals surface area (Å²) >= 11 is 6.10. The van der Waals surface area contributed by atoms with Crippen LogP contribution in [0.2, 0.25) is 5.02 Å². The van der Waals surface area contributed by atoms with Crippen molar-refractivity contribution in [3.05, 3.63) is 69.0 Å². The van der Waals surface area contributed by atoms with Gasteiger partial charge in [-0.25, -0.2) is 4.39 Å². The van der Waals surface area contributed by atoms with E-state index in [-0.39, 0.29) is 5.82 Å². The van der Waals surface area contributed by atoms with Crippen molar-refractivity contribution in [3.8, 4) is 0 Å². The van der Waals surface area contributed by atoms with Gasteiger partial charge >= 0.3 is 0 Å². The fourth-order valence-electron chi connectivity index (χ4n) is 2.29. The van der Waals surface area contributed by atoms with Gasteiger partial charge in [0.2, 0.25) is 0 Å². The van der Waals surface area contributed by atoms with E-state index in [1.54, 1.807) is 6.07 Å². The summed E-state index contributed by atoms with van der Waals surface area (Å²) in [6.45, 7) is 5.67. The number of halogens is 2. The van der Waals surface area contributed by atoms with Gasteiger partial charge in [-0.05, 0) is 55.2 Å². The van der Waals surface area contributed by atoms with E-state index >= 15 is 0 Å². The standard InChI is InChI=1S/C16H17ClFN/c1-9-6-11(3)15(14(18)7-9)16(19)12-5-4-10(2)13(17)8-12/h4-8,16H,19H2,1-3H3. The van der Waals surface area contributed by atoms with E-state index < -0.39 is 6.04 Å². The number of hydrogen-bond donors (Lipinski definition) is 1. The van der Waals surface area contributed by atoms with E-state index in [2.05, 4.69) is 0 Å². The largest absolute Gasteiger partial charge is 0.320 e. The van der Waals surface area contributed by atoms with Gasteiger partial charge in [-0.1, -0.05) is 29.8 Å². The minimum absolute atomic E-state index is 0.262. The summed E-state index contributed by atoms with van der Waals surface area (Å²) in [6, 6.07) is 8.55. The van der Waals surface area contributed by atoms with Crippen molar-refractivity contribution in [1.82, 2.24) is 0 Å². The first-order chi connectivity index (χ1) is 8.90. The van der Waals surface area contributed by atoms with Gasteiger partial charge in [-0.15, -0.1) is 0 Å². The van der Waals surface area contributed by atoms with Gasteiger partial charge < -0.3 is 5.73 Å². The molecule has 3 heteroatoms. The zero-order valence-corrected chi connectivity index (χ0v) is 12.1. The van der Waals surface area contributed by atoms with Crippen molar-refractivity contribution in [2.75, 3.05) is 0 Å².